The molecule has 0 bridgehead atoms. The zero-order valence-electron chi connectivity index (χ0n) is 13.9. The second-order valence-electron chi connectivity index (χ2n) is 6.22. The molecule has 2 amide bonds. The fourth-order valence-electron chi connectivity index (χ4n) is 2.60. The molecular formula is C16H25N3O3S. The van der Waals surface area contributed by atoms with E-state index in [0.29, 0.717) is 6.54 Å². The Labute approximate surface area is 138 Å². The molecule has 0 saturated carbocycles. The molecule has 1 aliphatic rings. The monoisotopic (exact) mass is 339 g/mol. The summed E-state index contributed by atoms with van der Waals surface area (Å²) in [5.74, 6) is 0.102. The lowest BCUT2D eigenvalue weighted by molar-refractivity contribution is 0.196. The van der Waals surface area contributed by atoms with Gasteiger partial charge in [0.15, 0.2) is 9.84 Å². The van der Waals surface area contributed by atoms with Gasteiger partial charge in [-0.2, -0.15) is 0 Å². The van der Waals surface area contributed by atoms with E-state index in [1.165, 1.54) is 5.56 Å². The first-order valence-corrected chi connectivity index (χ1v) is 9.57. The Bertz CT molecular complexity index is 627. The van der Waals surface area contributed by atoms with Crippen LogP contribution in [0, 0.1) is 6.92 Å². The number of rotatable bonds is 4. The van der Waals surface area contributed by atoms with E-state index in [4.69, 9.17) is 0 Å². The molecule has 1 saturated heterocycles. The third kappa shape index (κ3) is 4.94. The molecule has 23 heavy (non-hydrogen) atoms. The normalized spacial score (nSPS) is 18.7. The molecule has 6 nitrogen and oxygen atoms in total. The summed E-state index contributed by atoms with van der Waals surface area (Å²) in [6.45, 7) is 3.06. The van der Waals surface area contributed by atoms with Crippen LogP contribution >= 0.6 is 0 Å². The summed E-state index contributed by atoms with van der Waals surface area (Å²) in [6, 6.07) is 8.14. The molecule has 1 fully saturated rings. The van der Waals surface area contributed by atoms with Gasteiger partial charge >= 0.3 is 6.03 Å². The Kier molecular flexibility index (Phi) is 5.64. The van der Waals surface area contributed by atoms with Crippen molar-refractivity contribution < 1.29 is 13.2 Å². The topological polar surface area (TPSA) is 69.7 Å². The molecule has 0 aliphatic carbocycles. The summed E-state index contributed by atoms with van der Waals surface area (Å²) < 4.78 is 22.8. The molecule has 1 heterocycles. The second-order valence-corrected chi connectivity index (χ2v) is 8.52. The van der Waals surface area contributed by atoms with Crippen LogP contribution in [-0.4, -0.2) is 69.5 Å². The third-order valence-corrected chi connectivity index (χ3v) is 5.77. The summed E-state index contributed by atoms with van der Waals surface area (Å²) in [5, 5.41) is 2.92. The van der Waals surface area contributed by atoms with E-state index in [-0.39, 0.29) is 36.7 Å². The number of urea groups is 1. The molecule has 1 aromatic carbocycles. The highest BCUT2D eigenvalue weighted by Gasteiger charge is 2.25. The van der Waals surface area contributed by atoms with E-state index >= 15 is 0 Å². The van der Waals surface area contributed by atoms with E-state index in [1.807, 2.05) is 21.0 Å². The molecule has 7 heteroatoms. The van der Waals surface area contributed by atoms with Gasteiger partial charge in [-0.25, -0.2) is 13.2 Å². The molecule has 128 valence electrons. The van der Waals surface area contributed by atoms with Crippen molar-refractivity contribution in [2.45, 2.75) is 13.0 Å². The maximum absolute atomic E-state index is 12.2. The Morgan fingerprint density at radius 1 is 1.22 bits per heavy atom. The van der Waals surface area contributed by atoms with Crippen molar-refractivity contribution >= 4 is 15.9 Å². The molecule has 0 spiro atoms. The molecule has 1 aliphatic heterocycles. The van der Waals surface area contributed by atoms with Crippen LogP contribution in [0.25, 0.3) is 0 Å². The van der Waals surface area contributed by atoms with Crippen molar-refractivity contribution in [3.8, 4) is 0 Å². The van der Waals surface area contributed by atoms with E-state index in [9.17, 15) is 13.2 Å². The van der Waals surface area contributed by atoms with E-state index in [2.05, 4.69) is 34.5 Å². The van der Waals surface area contributed by atoms with Crippen molar-refractivity contribution in [3.63, 3.8) is 0 Å². The molecule has 1 atom stereocenters. The Morgan fingerprint density at radius 3 is 2.30 bits per heavy atom. The fourth-order valence-corrected chi connectivity index (χ4v) is 3.80. The number of sulfone groups is 1. The minimum Gasteiger partial charge on any atom is -0.336 e. The number of benzene rings is 1. The fraction of sp³-hybridized carbons (Fsp3) is 0.562. The first-order chi connectivity index (χ1) is 10.8. The van der Waals surface area contributed by atoms with Gasteiger partial charge in [-0.05, 0) is 26.6 Å². The van der Waals surface area contributed by atoms with Crippen molar-refractivity contribution in [3.05, 3.63) is 35.4 Å². The van der Waals surface area contributed by atoms with Crippen LogP contribution in [0.1, 0.15) is 17.2 Å². The highest BCUT2D eigenvalue weighted by Crippen LogP contribution is 2.18. The van der Waals surface area contributed by atoms with Crippen molar-refractivity contribution in [2.24, 2.45) is 0 Å². The van der Waals surface area contributed by atoms with Gasteiger partial charge in [-0.1, -0.05) is 29.8 Å². The molecule has 2 rings (SSSR count). The first kappa shape index (κ1) is 17.7. The SMILES string of the molecule is Cc1ccc(C(CNC(=O)N2CCS(=O)(=O)CC2)N(C)C)cc1. The van der Waals surface area contributed by atoms with Gasteiger partial charge < -0.3 is 15.1 Å². The highest BCUT2D eigenvalue weighted by molar-refractivity contribution is 7.91. The standard InChI is InChI=1S/C16H25N3O3S/c1-13-4-6-14(7-5-13)15(18(2)3)12-17-16(20)19-8-10-23(21,22)11-9-19/h4-7,15H,8-12H2,1-3H3,(H,17,20). The number of amides is 2. The lowest BCUT2D eigenvalue weighted by atomic mass is 10.0. The van der Waals surface area contributed by atoms with Gasteiger partial charge in [0.2, 0.25) is 0 Å². The molecule has 1 unspecified atom stereocenters. The zero-order valence-corrected chi connectivity index (χ0v) is 14.8. The van der Waals surface area contributed by atoms with Crippen LogP contribution in [0.5, 0.6) is 0 Å². The summed E-state index contributed by atoms with van der Waals surface area (Å²) in [6.07, 6.45) is 0. The number of hydrogen-bond acceptors (Lipinski definition) is 4. The molecular weight excluding hydrogens is 314 g/mol. The number of carbonyl (C=O) groups is 1. The highest BCUT2D eigenvalue weighted by atomic mass is 32.2. The number of nitrogens with one attached hydrogen (secondary N) is 1. The number of likely N-dealkylation sites (N-methyl/N-ethyl adjacent to an activating group) is 1. The van der Waals surface area contributed by atoms with Gasteiger partial charge in [0.1, 0.15) is 0 Å². The number of hydrogen-bond donors (Lipinski definition) is 1. The Balaban J connectivity index is 1.94. The van der Waals surface area contributed by atoms with E-state index < -0.39 is 9.84 Å². The van der Waals surface area contributed by atoms with Crippen LogP contribution in [0.15, 0.2) is 24.3 Å². The summed E-state index contributed by atoms with van der Waals surface area (Å²) >= 11 is 0. The number of aryl methyl sites for hydroxylation is 1. The van der Waals surface area contributed by atoms with Crippen LogP contribution in [0.3, 0.4) is 0 Å². The van der Waals surface area contributed by atoms with Gasteiger partial charge in [0, 0.05) is 19.6 Å². The average molecular weight is 339 g/mol. The van der Waals surface area contributed by atoms with Crippen LogP contribution in [0.4, 0.5) is 4.79 Å². The van der Waals surface area contributed by atoms with E-state index in [0.717, 1.165) is 5.56 Å². The van der Waals surface area contributed by atoms with Crippen molar-refractivity contribution in [1.29, 1.82) is 0 Å². The van der Waals surface area contributed by atoms with Gasteiger partial charge in [0.25, 0.3) is 0 Å². The predicted octanol–water partition coefficient (Wildman–Crippen LogP) is 1.04. The van der Waals surface area contributed by atoms with Crippen LogP contribution < -0.4 is 5.32 Å². The van der Waals surface area contributed by atoms with Gasteiger partial charge in [0.05, 0.1) is 17.5 Å². The average Bonchev–Trinajstić information content (AvgIpc) is 2.48. The van der Waals surface area contributed by atoms with Gasteiger partial charge in [-0.15, -0.1) is 0 Å². The van der Waals surface area contributed by atoms with E-state index in [1.54, 1.807) is 4.90 Å². The van der Waals surface area contributed by atoms with Crippen LogP contribution in [-0.2, 0) is 9.84 Å². The lowest BCUT2D eigenvalue weighted by Gasteiger charge is -2.29. The first-order valence-electron chi connectivity index (χ1n) is 7.75. The molecule has 1 aromatic rings. The smallest absolute Gasteiger partial charge is 0.317 e. The largest absolute Gasteiger partial charge is 0.336 e. The quantitative estimate of drug-likeness (QED) is 0.890. The third-order valence-electron chi connectivity index (χ3n) is 4.16. The summed E-state index contributed by atoms with van der Waals surface area (Å²) in [4.78, 5) is 15.9. The second kappa shape index (κ2) is 7.31. The molecule has 0 radical (unpaired) electrons. The van der Waals surface area contributed by atoms with Gasteiger partial charge in [-0.3, -0.25) is 0 Å². The maximum atomic E-state index is 12.2. The summed E-state index contributed by atoms with van der Waals surface area (Å²) in [7, 11) is 0.982. The lowest BCUT2D eigenvalue weighted by Crippen LogP contribution is -2.49. The minimum absolute atomic E-state index is 0.0511. The predicted molar refractivity (Wildman–Crippen MR) is 91.2 cm³/mol. The molecule has 0 aromatic heterocycles. The Hall–Kier alpha value is -1.60. The number of nitrogens with zero attached hydrogens (tertiary/aromatic N) is 2. The van der Waals surface area contributed by atoms with Crippen molar-refractivity contribution in [2.75, 3.05) is 45.2 Å². The summed E-state index contributed by atoms with van der Waals surface area (Å²) in [5.41, 5.74) is 2.34. The maximum Gasteiger partial charge on any atom is 0.317 e. The van der Waals surface area contributed by atoms with Crippen LogP contribution in [0.2, 0.25) is 0 Å². The zero-order chi connectivity index (χ0) is 17.0. The van der Waals surface area contributed by atoms with Crippen molar-refractivity contribution in [1.82, 2.24) is 15.1 Å². The number of carbonyl (C=O) groups excluding carboxylic acids is 1. The molecule has 1 N–H and O–H groups in total. The minimum atomic E-state index is -2.97. The Morgan fingerprint density at radius 2 is 1.78 bits per heavy atom.